The molecule has 0 bridgehead atoms. The molecular formula is C17H20BrN5O2. The van der Waals surface area contributed by atoms with Crippen LogP contribution in [0, 0.1) is 0 Å². The molecule has 2 aromatic rings. The molecule has 0 spiro atoms. The lowest BCUT2D eigenvalue weighted by Crippen LogP contribution is -2.44. The van der Waals surface area contributed by atoms with Gasteiger partial charge in [0.2, 0.25) is 11.9 Å². The molecule has 8 heteroatoms. The van der Waals surface area contributed by atoms with Gasteiger partial charge in [0.05, 0.1) is 31.6 Å². The Labute approximate surface area is 154 Å². The van der Waals surface area contributed by atoms with Crippen molar-refractivity contribution in [3.8, 4) is 5.75 Å². The van der Waals surface area contributed by atoms with Crippen molar-refractivity contribution < 1.29 is 9.53 Å². The number of piperazine rings is 1. The second-order valence-electron chi connectivity index (χ2n) is 5.69. The molecule has 3 rings (SSSR count). The topological polar surface area (TPSA) is 79.4 Å². The highest BCUT2D eigenvalue weighted by Crippen LogP contribution is 2.23. The third-order valence-electron chi connectivity index (χ3n) is 3.92. The Morgan fingerprint density at radius 3 is 2.72 bits per heavy atom. The fraction of sp³-hybridized carbons (Fsp3) is 0.353. The molecule has 7 nitrogen and oxygen atoms in total. The number of aromatic nitrogens is 2. The minimum atomic E-state index is -0.144. The lowest BCUT2D eigenvalue weighted by molar-refractivity contribution is -0.115. The lowest BCUT2D eigenvalue weighted by Gasteiger charge is -2.27. The fourth-order valence-corrected chi connectivity index (χ4v) is 3.09. The highest BCUT2D eigenvalue weighted by Gasteiger charge is 2.14. The number of rotatable bonds is 5. The van der Waals surface area contributed by atoms with Crippen molar-refractivity contribution in [2.45, 2.75) is 6.42 Å². The Morgan fingerprint density at radius 2 is 2.04 bits per heavy atom. The summed E-state index contributed by atoms with van der Waals surface area (Å²) in [6.45, 7) is 3.62. The van der Waals surface area contributed by atoms with Crippen LogP contribution in [0.25, 0.3) is 0 Å². The summed E-state index contributed by atoms with van der Waals surface area (Å²) in [5.41, 5.74) is 1.39. The van der Waals surface area contributed by atoms with Gasteiger partial charge < -0.3 is 20.3 Å². The van der Waals surface area contributed by atoms with Crippen LogP contribution in [0.5, 0.6) is 5.75 Å². The third kappa shape index (κ3) is 4.67. The summed E-state index contributed by atoms with van der Waals surface area (Å²) in [7, 11) is 1.59. The average molecular weight is 406 g/mol. The van der Waals surface area contributed by atoms with Crippen LogP contribution >= 0.6 is 15.9 Å². The number of hydrogen-bond acceptors (Lipinski definition) is 6. The number of anilines is 2. The standard InChI is InChI=1S/C17H20BrN5O2/c1-25-15-3-2-13(18)8-12(15)9-16(24)22-14-10-20-17(21-11-14)23-6-4-19-5-7-23/h2-3,8,10-11,19H,4-7,9H2,1H3,(H,22,24). The number of amides is 1. The molecule has 2 N–H and O–H groups in total. The zero-order chi connectivity index (χ0) is 17.6. The van der Waals surface area contributed by atoms with Crippen molar-refractivity contribution >= 4 is 33.5 Å². The molecule has 1 aliphatic rings. The lowest BCUT2D eigenvalue weighted by atomic mass is 10.1. The maximum absolute atomic E-state index is 12.3. The van der Waals surface area contributed by atoms with Gasteiger partial charge in [0.15, 0.2) is 0 Å². The van der Waals surface area contributed by atoms with Gasteiger partial charge in [0.25, 0.3) is 0 Å². The Bertz CT molecular complexity index is 732. The van der Waals surface area contributed by atoms with Gasteiger partial charge in [-0.25, -0.2) is 9.97 Å². The number of carbonyl (C=O) groups is 1. The van der Waals surface area contributed by atoms with Crippen LogP contribution in [0.15, 0.2) is 35.1 Å². The summed E-state index contributed by atoms with van der Waals surface area (Å²) in [4.78, 5) is 23.1. The Hall–Kier alpha value is -2.19. The minimum absolute atomic E-state index is 0.144. The van der Waals surface area contributed by atoms with Crippen molar-refractivity contribution in [2.75, 3.05) is 43.5 Å². The van der Waals surface area contributed by atoms with E-state index in [1.54, 1.807) is 19.5 Å². The van der Waals surface area contributed by atoms with E-state index in [2.05, 4.69) is 41.4 Å². The van der Waals surface area contributed by atoms with Crippen molar-refractivity contribution in [3.63, 3.8) is 0 Å². The number of halogens is 1. The second-order valence-corrected chi connectivity index (χ2v) is 6.61. The van der Waals surface area contributed by atoms with E-state index < -0.39 is 0 Å². The molecule has 1 aliphatic heterocycles. The van der Waals surface area contributed by atoms with E-state index in [0.29, 0.717) is 17.4 Å². The number of benzene rings is 1. The Morgan fingerprint density at radius 1 is 1.32 bits per heavy atom. The van der Waals surface area contributed by atoms with Crippen LogP contribution in [0.3, 0.4) is 0 Å². The van der Waals surface area contributed by atoms with E-state index >= 15 is 0 Å². The summed E-state index contributed by atoms with van der Waals surface area (Å²) in [5.74, 6) is 1.23. The summed E-state index contributed by atoms with van der Waals surface area (Å²) in [6.07, 6.45) is 3.49. The Balaban J connectivity index is 1.62. The van der Waals surface area contributed by atoms with Gasteiger partial charge in [0.1, 0.15) is 5.75 Å². The van der Waals surface area contributed by atoms with E-state index in [1.165, 1.54) is 0 Å². The maximum Gasteiger partial charge on any atom is 0.229 e. The van der Waals surface area contributed by atoms with E-state index in [-0.39, 0.29) is 12.3 Å². The quantitative estimate of drug-likeness (QED) is 0.789. The van der Waals surface area contributed by atoms with E-state index in [1.807, 2.05) is 18.2 Å². The zero-order valence-electron chi connectivity index (χ0n) is 14.0. The van der Waals surface area contributed by atoms with Gasteiger partial charge in [0, 0.05) is 36.2 Å². The normalized spacial score (nSPS) is 14.2. The van der Waals surface area contributed by atoms with Crippen LogP contribution in [0.4, 0.5) is 11.6 Å². The highest BCUT2D eigenvalue weighted by atomic mass is 79.9. The SMILES string of the molecule is COc1ccc(Br)cc1CC(=O)Nc1cnc(N2CCNCC2)nc1. The molecule has 132 valence electrons. The van der Waals surface area contributed by atoms with Crippen molar-refractivity contribution in [3.05, 3.63) is 40.6 Å². The smallest absolute Gasteiger partial charge is 0.229 e. The number of methoxy groups -OCH3 is 1. The summed E-state index contributed by atoms with van der Waals surface area (Å²) in [5, 5.41) is 6.12. The first-order valence-electron chi connectivity index (χ1n) is 8.05. The first-order valence-corrected chi connectivity index (χ1v) is 8.85. The molecule has 0 unspecified atom stereocenters. The van der Waals surface area contributed by atoms with Gasteiger partial charge in [-0.2, -0.15) is 0 Å². The van der Waals surface area contributed by atoms with Crippen LogP contribution in [-0.2, 0) is 11.2 Å². The molecule has 1 amide bonds. The highest BCUT2D eigenvalue weighted by molar-refractivity contribution is 9.10. The van der Waals surface area contributed by atoms with E-state index in [9.17, 15) is 4.79 Å². The van der Waals surface area contributed by atoms with Crippen molar-refractivity contribution in [1.29, 1.82) is 0 Å². The first-order chi connectivity index (χ1) is 12.2. The average Bonchev–Trinajstić information content (AvgIpc) is 2.63. The first kappa shape index (κ1) is 17.6. The van der Waals surface area contributed by atoms with Crippen molar-refractivity contribution in [2.24, 2.45) is 0 Å². The predicted octanol–water partition coefficient (Wildman–Crippen LogP) is 1.84. The number of hydrogen-bond donors (Lipinski definition) is 2. The van der Waals surface area contributed by atoms with Crippen LogP contribution in [0.1, 0.15) is 5.56 Å². The number of nitrogens with zero attached hydrogens (tertiary/aromatic N) is 3. The van der Waals surface area contributed by atoms with Gasteiger partial charge in [-0.3, -0.25) is 4.79 Å². The molecule has 1 saturated heterocycles. The van der Waals surface area contributed by atoms with Gasteiger partial charge >= 0.3 is 0 Å². The zero-order valence-corrected chi connectivity index (χ0v) is 15.5. The molecule has 1 aromatic carbocycles. The molecule has 0 saturated carbocycles. The third-order valence-corrected chi connectivity index (χ3v) is 4.41. The van der Waals surface area contributed by atoms with Gasteiger partial charge in [-0.1, -0.05) is 15.9 Å². The van der Waals surface area contributed by atoms with Gasteiger partial charge in [-0.15, -0.1) is 0 Å². The summed E-state index contributed by atoms with van der Waals surface area (Å²) < 4.78 is 6.20. The molecular weight excluding hydrogens is 386 g/mol. The molecule has 1 fully saturated rings. The molecule has 25 heavy (non-hydrogen) atoms. The van der Waals surface area contributed by atoms with Crippen LogP contribution < -0.4 is 20.3 Å². The van der Waals surface area contributed by atoms with Crippen LogP contribution in [-0.4, -0.2) is 49.2 Å². The molecule has 0 aliphatic carbocycles. The van der Waals surface area contributed by atoms with E-state index in [0.717, 1.165) is 36.2 Å². The Kier molecular flexibility index (Phi) is 5.83. The monoisotopic (exact) mass is 405 g/mol. The van der Waals surface area contributed by atoms with Crippen LogP contribution in [0.2, 0.25) is 0 Å². The molecule has 0 atom stereocenters. The van der Waals surface area contributed by atoms with Crippen molar-refractivity contribution in [1.82, 2.24) is 15.3 Å². The minimum Gasteiger partial charge on any atom is -0.496 e. The second kappa shape index (κ2) is 8.26. The molecule has 2 heterocycles. The number of nitrogens with one attached hydrogen (secondary N) is 2. The van der Waals surface area contributed by atoms with E-state index in [4.69, 9.17) is 4.74 Å². The molecule has 1 aromatic heterocycles. The largest absolute Gasteiger partial charge is 0.496 e. The van der Waals surface area contributed by atoms with Gasteiger partial charge in [-0.05, 0) is 18.2 Å². The number of carbonyl (C=O) groups excluding carboxylic acids is 1. The molecule has 0 radical (unpaired) electrons. The maximum atomic E-state index is 12.3. The summed E-state index contributed by atoms with van der Waals surface area (Å²) in [6, 6.07) is 5.59. The number of ether oxygens (including phenoxy) is 1. The summed E-state index contributed by atoms with van der Waals surface area (Å²) >= 11 is 3.41. The predicted molar refractivity (Wildman–Crippen MR) is 100 cm³/mol. The fourth-order valence-electron chi connectivity index (χ4n) is 2.68.